The first-order valence-electron chi connectivity index (χ1n) is 5.46. The predicted molar refractivity (Wildman–Crippen MR) is 65.7 cm³/mol. The van der Waals surface area contributed by atoms with Crippen molar-refractivity contribution in [2.24, 2.45) is 0 Å². The Kier molecular flexibility index (Phi) is 3.18. The third-order valence-electron chi connectivity index (χ3n) is 2.81. The van der Waals surface area contributed by atoms with Gasteiger partial charge in [-0.05, 0) is 17.7 Å². The summed E-state index contributed by atoms with van der Waals surface area (Å²) in [4.78, 5) is 25.8. The van der Waals surface area contributed by atoms with Crippen molar-refractivity contribution in [3.05, 3.63) is 42.1 Å². The Hall–Kier alpha value is -2.47. The van der Waals surface area contributed by atoms with Crippen molar-refractivity contribution >= 4 is 22.8 Å². The van der Waals surface area contributed by atoms with Gasteiger partial charge in [-0.15, -0.1) is 0 Å². The van der Waals surface area contributed by atoms with Crippen LogP contribution in [0, 0.1) is 0 Å². The molecule has 0 fully saturated rings. The van der Waals surface area contributed by atoms with Gasteiger partial charge in [0.05, 0.1) is 5.52 Å². The van der Waals surface area contributed by atoms with E-state index in [0.29, 0.717) is 11.1 Å². The minimum Gasteiger partial charge on any atom is -0.479 e. The Bertz CT molecular complexity index is 638. The number of nitrogens with zero attached hydrogens (tertiary/aromatic N) is 1. The maximum Gasteiger partial charge on any atom is 0.347 e. The Labute approximate surface area is 107 Å². The second kappa shape index (κ2) is 4.66. The molecular weight excluding hydrogens is 250 g/mol. The summed E-state index contributed by atoms with van der Waals surface area (Å²) in [6, 6.07) is 8.75. The highest BCUT2D eigenvalue weighted by Crippen LogP contribution is 2.18. The van der Waals surface area contributed by atoms with Crippen LogP contribution in [0.25, 0.3) is 10.9 Å². The molecule has 0 spiro atoms. The first kappa shape index (κ1) is 13.0. The second-order valence-corrected chi connectivity index (χ2v) is 4.18. The number of carbonyl (C=O) groups is 2. The van der Waals surface area contributed by atoms with E-state index in [-0.39, 0.29) is 0 Å². The smallest absolute Gasteiger partial charge is 0.347 e. The van der Waals surface area contributed by atoms with Crippen molar-refractivity contribution in [3.63, 3.8) is 0 Å². The fourth-order valence-corrected chi connectivity index (χ4v) is 1.75. The van der Waals surface area contributed by atoms with Crippen LogP contribution in [0.3, 0.4) is 0 Å². The molecule has 6 nitrogen and oxygen atoms in total. The Morgan fingerprint density at radius 2 is 1.79 bits per heavy atom. The Balaban J connectivity index is 2.40. The molecule has 0 saturated heterocycles. The van der Waals surface area contributed by atoms with Crippen molar-refractivity contribution in [1.82, 2.24) is 4.98 Å². The molecule has 0 unspecified atom stereocenters. The summed E-state index contributed by atoms with van der Waals surface area (Å²) in [6.07, 6.45) is 0.814. The van der Waals surface area contributed by atoms with Crippen molar-refractivity contribution in [2.45, 2.75) is 12.0 Å². The molecule has 0 aliphatic heterocycles. The molecule has 1 aromatic carbocycles. The van der Waals surface area contributed by atoms with Gasteiger partial charge in [-0.3, -0.25) is 4.98 Å². The molecule has 98 valence electrons. The van der Waals surface area contributed by atoms with Crippen molar-refractivity contribution in [2.75, 3.05) is 0 Å². The minimum atomic E-state index is -2.84. The molecule has 0 bridgehead atoms. The minimum absolute atomic E-state index is 0.339. The van der Waals surface area contributed by atoms with Gasteiger partial charge < -0.3 is 15.3 Å². The lowest BCUT2D eigenvalue weighted by Crippen LogP contribution is -2.48. The van der Waals surface area contributed by atoms with Crippen LogP contribution < -0.4 is 0 Å². The first-order chi connectivity index (χ1) is 8.93. The van der Waals surface area contributed by atoms with Gasteiger partial charge >= 0.3 is 11.9 Å². The molecule has 0 amide bonds. The average Bonchev–Trinajstić information content (AvgIpc) is 2.38. The monoisotopic (exact) mass is 261 g/mol. The van der Waals surface area contributed by atoms with Crippen LogP contribution >= 0.6 is 0 Å². The molecule has 1 heterocycles. The third kappa shape index (κ3) is 2.38. The molecule has 1 aromatic heterocycles. The fraction of sp³-hybridized carbons (Fsp3) is 0.154. The number of aliphatic carboxylic acids is 2. The van der Waals surface area contributed by atoms with E-state index >= 15 is 0 Å². The van der Waals surface area contributed by atoms with Gasteiger partial charge in [-0.25, -0.2) is 9.59 Å². The molecule has 0 aliphatic carbocycles. The van der Waals surface area contributed by atoms with Gasteiger partial charge in [0.1, 0.15) is 0 Å². The zero-order valence-electron chi connectivity index (χ0n) is 9.78. The van der Waals surface area contributed by atoms with Crippen LogP contribution in [-0.4, -0.2) is 37.8 Å². The van der Waals surface area contributed by atoms with E-state index in [9.17, 15) is 14.7 Å². The number of fused-ring (bicyclic) bond motifs is 1. The number of hydrogen-bond donors (Lipinski definition) is 3. The Morgan fingerprint density at radius 3 is 2.42 bits per heavy atom. The van der Waals surface area contributed by atoms with Crippen molar-refractivity contribution in [1.29, 1.82) is 0 Å². The molecule has 2 aromatic rings. The van der Waals surface area contributed by atoms with Crippen LogP contribution in [0.1, 0.15) is 5.56 Å². The summed E-state index contributed by atoms with van der Waals surface area (Å²) >= 11 is 0. The van der Waals surface area contributed by atoms with E-state index in [0.717, 1.165) is 5.39 Å². The number of carboxylic acid groups (broad SMARTS) is 2. The Morgan fingerprint density at radius 1 is 1.16 bits per heavy atom. The number of hydrogen-bond acceptors (Lipinski definition) is 4. The number of pyridine rings is 1. The topological polar surface area (TPSA) is 108 Å². The van der Waals surface area contributed by atoms with Gasteiger partial charge in [-0.1, -0.05) is 18.2 Å². The lowest BCUT2D eigenvalue weighted by Gasteiger charge is -2.18. The molecule has 6 heteroatoms. The number of benzene rings is 1. The molecule has 0 radical (unpaired) electrons. The first-order valence-corrected chi connectivity index (χ1v) is 5.46. The lowest BCUT2D eigenvalue weighted by molar-refractivity contribution is -0.175. The lowest BCUT2D eigenvalue weighted by atomic mass is 9.95. The highest BCUT2D eigenvalue weighted by Gasteiger charge is 2.44. The van der Waals surface area contributed by atoms with Gasteiger partial charge in [0.2, 0.25) is 0 Å². The fourth-order valence-electron chi connectivity index (χ4n) is 1.75. The van der Waals surface area contributed by atoms with Crippen LogP contribution in [-0.2, 0) is 16.0 Å². The van der Waals surface area contributed by atoms with Gasteiger partial charge in [-0.2, -0.15) is 0 Å². The third-order valence-corrected chi connectivity index (χ3v) is 2.81. The van der Waals surface area contributed by atoms with Crippen LogP contribution in [0.2, 0.25) is 0 Å². The number of aromatic nitrogens is 1. The predicted octanol–water partition coefficient (Wildman–Crippen LogP) is 0.678. The summed E-state index contributed by atoms with van der Waals surface area (Å²) in [7, 11) is 0. The standard InChI is InChI=1S/C13H11NO5/c15-11(16)13(19,12(17)18)6-8-5-9-3-1-2-4-10(9)14-7-8/h1-5,7,19H,6H2,(H,15,16)(H,17,18). The highest BCUT2D eigenvalue weighted by molar-refractivity contribution is 6.01. The van der Waals surface area contributed by atoms with Gasteiger partial charge in [0.15, 0.2) is 0 Å². The molecule has 0 aliphatic rings. The van der Waals surface area contributed by atoms with Crippen LogP contribution in [0.15, 0.2) is 36.5 Å². The summed E-state index contributed by atoms with van der Waals surface area (Å²) in [6.45, 7) is 0. The quantitative estimate of drug-likeness (QED) is 0.698. The normalized spacial score (nSPS) is 11.4. The molecule has 3 N–H and O–H groups in total. The highest BCUT2D eigenvalue weighted by atomic mass is 16.4. The summed E-state index contributed by atoms with van der Waals surface area (Å²) < 4.78 is 0. The van der Waals surface area contributed by atoms with Crippen molar-refractivity contribution in [3.8, 4) is 0 Å². The van der Waals surface area contributed by atoms with Crippen LogP contribution in [0.5, 0.6) is 0 Å². The van der Waals surface area contributed by atoms with Crippen molar-refractivity contribution < 1.29 is 24.9 Å². The number of para-hydroxylation sites is 1. The average molecular weight is 261 g/mol. The number of carboxylic acids is 2. The second-order valence-electron chi connectivity index (χ2n) is 4.18. The van der Waals surface area contributed by atoms with E-state index in [2.05, 4.69) is 4.98 Å². The molecule has 2 rings (SSSR count). The van der Waals surface area contributed by atoms with Gasteiger partial charge in [0.25, 0.3) is 5.60 Å². The largest absolute Gasteiger partial charge is 0.479 e. The number of aliphatic hydroxyl groups is 1. The van der Waals surface area contributed by atoms with E-state index < -0.39 is 24.0 Å². The van der Waals surface area contributed by atoms with Gasteiger partial charge in [0, 0.05) is 18.0 Å². The SMILES string of the molecule is O=C(O)C(O)(Cc1cnc2ccccc2c1)C(=O)O. The zero-order valence-corrected chi connectivity index (χ0v) is 9.78. The van der Waals surface area contributed by atoms with Crippen LogP contribution in [0.4, 0.5) is 0 Å². The maximum absolute atomic E-state index is 10.9. The summed E-state index contributed by atoms with van der Waals surface area (Å²) in [5, 5.41) is 28.1. The van der Waals surface area contributed by atoms with E-state index in [1.165, 1.54) is 6.20 Å². The maximum atomic E-state index is 10.9. The summed E-state index contributed by atoms with van der Waals surface area (Å²) in [5.41, 5.74) is -1.80. The molecule has 0 saturated carbocycles. The molecule has 0 atom stereocenters. The zero-order chi connectivity index (χ0) is 14.0. The van der Waals surface area contributed by atoms with E-state index in [1.54, 1.807) is 30.3 Å². The van der Waals surface area contributed by atoms with E-state index in [1.807, 2.05) is 0 Å². The summed E-state index contributed by atoms with van der Waals surface area (Å²) in [5.74, 6) is -3.60. The molecular formula is C13H11NO5. The number of rotatable bonds is 4. The molecule has 19 heavy (non-hydrogen) atoms. The van der Waals surface area contributed by atoms with E-state index in [4.69, 9.17) is 10.2 Å².